The molecule has 2 amide bonds. The summed E-state index contributed by atoms with van der Waals surface area (Å²) in [6, 6.07) is -0.0231. The van der Waals surface area contributed by atoms with E-state index in [2.05, 4.69) is 10.6 Å². The van der Waals surface area contributed by atoms with Gasteiger partial charge in [-0.15, -0.1) is 11.3 Å². The first-order chi connectivity index (χ1) is 8.65. The first-order valence-corrected chi connectivity index (χ1v) is 6.92. The molecule has 18 heavy (non-hydrogen) atoms. The largest absolute Gasteiger partial charge is 0.478 e. The molecule has 3 rings (SSSR count). The Hall–Kier alpha value is -1.56. The average molecular weight is 266 g/mol. The molecule has 0 radical (unpaired) electrons. The maximum absolute atomic E-state index is 11.7. The van der Waals surface area contributed by atoms with Gasteiger partial charge >= 0.3 is 12.0 Å². The van der Waals surface area contributed by atoms with Crippen molar-refractivity contribution in [3.63, 3.8) is 0 Å². The van der Waals surface area contributed by atoms with Gasteiger partial charge in [-0.1, -0.05) is 0 Å². The van der Waals surface area contributed by atoms with Crippen LogP contribution < -0.4 is 10.6 Å². The van der Waals surface area contributed by atoms with Crippen molar-refractivity contribution in [1.82, 2.24) is 5.32 Å². The highest BCUT2D eigenvalue weighted by molar-refractivity contribution is 7.17. The number of nitrogens with one attached hydrogen (secondary N) is 2. The van der Waals surface area contributed by atoms with Gasteiger partial charge in [-0.2, -0.15) is 0 Å². The predicted octanol–water partition coefficient (Wildman–Crippen LogP) is 2.22. The van der Waals surface area contributed by atoms with Crippen LogP contribution in [0.3, 0.4) is 0 Å². The van der Waals surface area contributed by atoms with Gasteiger partial charge in [0.2, 0.25) is 0 Å². The van der Waals surface area contributed by atoms with Gasteiger partial charge in [0.05, 0.1) is 5.56 Å². The van der Waals surface area contributed by atoms with Gasteiger partial charge < -0.3 is 10.4 Å². The van der Waals surface area contributed by atoms with Gasteiger partial charge in [-0.05, 0) is 37.7 Å². The number of thiophene rings is 1. The van der Waals surface area contributed by atoms with E-state index in [1.807, 2.05) is 0 Å². The van der Waals surface area contributed by atoms with Crippen LogP contribution in [-0.2, 0) is 12.8 Å². The van der Waals surface area contributed by atoms with E-state index >= 15 is 0 Å². The van der Waals surface area contributed by atoms with E-state index in [9.17, 15) is 14.7 Å². The van der Waals surface area contributed by atoms with Crippen molar-refractivity contribution >= 4 is 28.3 Å². The molecule has 96 valence electrons. The highest BCUT2D eigenvalue weighted by atomic mass is 32.1. The monoisotopic (exact) mass is 266 g/mol. The van der Waals surface area contributed by atoms with Gasteiger partial charge in [-0.25, -0.2) is 9.59 Å². The fourth-order valence-electron chi connectivity index (χ4n) is 2.27. The summed E-state index contributed by atoms with van der Waals surface area (Å²) in [4.78, 5) is 24.1. The minimum atomic E-state index is -0.948. The smallest absolute Gasteiger partial charge is 0.339 e. The third kappa shape index (κ3) is 2.08. The van der Waals surface area contributed by atoms with Crippen LogP contribution in [0, 0.1) is 0 Å². The van der Waals surface area contributed by atoms with Gasteiger partial charge in [0.1, 0.15) is 5.00 Å². The van der Waals surface area contributed by atoms with Crippen molar-refractivity contribution in [2.24, 2.45) is 0 Å². The van der Waals surface area contributed by atoms with E-state index in [1.54, 1.807) is 0 Å². The lowest BCUT2D eigenvalue weighted by Crippen LogP contribution is -2.30. The number of urea groups is 1. The minimum absolute atomic E-state index is 0.269. The summed E-state index contributed by atoms with van der Waals surface area (Å²) in [6.07, 6.45) is 4.77. The highest BCUT2D eigenvalue weighted by Crippen LogP contribution is 2.39. The number of hydrogen-bond donors (Lipinski definition) is 3. The molecule has 1 fully saturated rings. The lowest BCUT2D eigenvalue weighted by atomic mass is 10.1. The van der Waals surface area contributed by atoms with E-state index in [4.69, 9.17) is 0 Å². The standard InChI is InChI=1S/C12H14N2O3S/c15-11(16)9-7-2-1-3-8(7)18-10(9)14-12(17)13-6-4-5-6/h6H,1-5H2,(H,15,16)(H2,13,14,17). The Labute approximate surface area is 108 Å². The van der Waals surface area contributed by atoms with Crippen LogP contribution in [0.15, 0.2) is 0 Å². The number of carboxylic acid groups (broad SMARTS) is 1. The van der Waals surface area contributed by atoms with Crippen LogP contribution in [-0.4, -0.2) is 23.1 Å². The Morgan fingerprint density at radius 2 is 2.06 bits per heavy atom. The fraction of sp³-hybridized carbons (Fsp3) is 0.500. The molecule has 3 N–H and O–H groups in total. The number of rotatable bonds is 3. The maximum atomic E-state index is 11.7. The van der Waals surface area contributed by atoms with Gasteiger partial charge in [0.25, 0.3) is 0 Å². The Bertz CT molecular complexity index is 520. The lowest BCUT2D eigenvalue weighted by molar-refractivity contribution is 0.0697. The van der Waals surface area contributed by atoms with Crippen molar-refractivity contribution < 1.29 is 14.7 Å². The van der Waals surface area contributed by atoms with Crippen LogP contribution in [0.5, 0.6) is 0 Å². The summed E-state index contributed by atoms with van der Waals surface area (Å²) >= 11 is 1.40. The molecule has 0 spiro atoms. The zero-order chi connectivity index (χ0) is 12.7. The van der Waals surface area contributed by atoms with E-state index in [-0.39, 0.29) is 12.1 Å². The van der Waals surface area contributed by atoms with Gasteiger partial charge in [0.15, 0.2) is 0 Å². The molecule has 1 aromatic heterocycles. The number of carbonyl (C=O) groups is 2. The molecule has 0 atom stereocenters. The SMILES string of the molecule is O=C(Nc1sc2c(c1C(=O)O)CCC2)NC1CC1. The molecule has 0 aliphatic heterocycles. The molecule has 0 bridgehead atoms. The number of carboxylic acids is 1. The molecular weight excluding hydrogens is 252 g/mol. The molecule has 0 saturated heterocycles. The molecule has 1 aromatic rings. The number of carbonyl (C=O) groups excluding carboxylic acids is 1. The Morgan fingerprint density at radius 3 is 2.72 bits per heavy atom. The number of aromatic carboxylic acids is 1. The number of amides is 2. The average Bonchev–Trinajstić information content (AvgIpc) is 2.85. The third-order valence-corrected chi connectivity index (χ3v) is 4.48. The summed E-state index contributed by atoms with van der Waals surface area (Å²) in [6.45, 7) is 0. The second-order valence-electron chi connectivity index (χ2n) is 4.74. The summed E-state index contributed by atoms with van der Waals surface area (Å²) < 4.78 is 0. The summed E-state index contributed by atoms with van der Waals surface area (Å²) in [7, 11) is 0. The number of aryl methyl sites for hydroxylation is 1. The minimum Gasteiger partial charge on any atom is -0.478 e. The quantitative estimate of drug-likeness (QED) is 0.785. The third-order valence-electron chi connectivity index (χ3n) is 3.27. The van der Waals surface area contributed by atoms with Crippen LogP contribution >= 0.6 is 11.3 Å². The normalized spacial score (nSPS) is 17.3. The van der Waals surface area contributed by atoms with Crippen molar-refractivity contribution in [3.8, 4) is 0 Å². The summed E-state index contributed by atoms with van der Waals surface area (Å²) in [5, 5.41) is 15.2. The number of hydrogen-bond acceptors (Lipinski definition) is 3. The maximum Gasteiger partial charge on any atom is 0.339 e. The van der Waals surface area contributed by atoms with Crippen molar-refractivity contribution in [1.29, 1.82) is 0 Å². The zero-order valence-electron chi connectivity index (χ0n) is 9.78. The fourth-order valence-corrected chi connectivity index (χ4v) is 3.55. The Morgan fingerprint density at radius 1 is 1.28 bits per heavy atom. The lowest BCUT2D eigenvalue weighted by Gasteiger charge is -2.06. The molecule has 1 heterocycles. The van der Waals surface area contributed by atoms with Crippen LogP contribution in [0.25, 0.3) is 0 Å². The predicted molar refractivity (Wildman–Crippen MR) is 68.5 cm³/mol. The molecule has 6 heteroatoms. The zero-order valence-corrected chi connectivity index (χ0v) is 10.6. The number of anilines is 1. The van der Waals surface area contributed by atoms with E-state index in [0.717, 1.165) is 42.5 Å². The topological polar surface area (TPSA) is 78.4 Å². The molecule has 0 aromatic carbocycles. The van der Waals surface area contributed by atoms with Gasteiger partial charge in [0, 0.05) is 10.9 Å². The Kier molecular flexibility index (Phi) is 2.74. The van der Waals surface area contributed by atoms with E-state index < -0.39 is 5.97 Å². The van der Waals surface area contributed by atoms with Crippen molar-refractivity contribution in [3.05, 3.63) is 16.0 Å². The molecule has 2 aliphatic carbocycles. The van der Waals surface area contributed by atoms with Crippen LogP contribution in [0.1, 0.15) is 40.1 Å². The number of fused-ring (bicyclic) bond motifs is 1. The second kappa shape index (κ2) is 4.28. The molecule has 5 nitrogen and oxygen atoms in total. The van der Waals surface area contributed by atoms with Crippen molar-refractivity contribution in [2.45, 2.75) is 38.1 Å². The first-order valence-electron chi connectivity index (χ1n) is 6.10. The van der Waals surface area contributed by atoms with E-state index in [1.165, 1.54) is 11.3 Å². The summed E-state index contributed by atoms with van der Waals surface area (Å²) in [5.74, 6) is -0.948. The van der Waals surface area contributed by atoms with Gasteiger partial charge in [-0.3, -0.25) is 5.32 Å². The highest BCUT2D eigenvalue weighted by Gasteiger charge is 2.28. The molecule has 0 unspecified atom stereocenters. The molecular formula is C12H14N2O3S. The molecule has 2 aliphatic rings. The second-order valence-corrected chi connectivity index (χ2v) is 5.84. The summed E-state index contributed by atoms with van der Waals surface area (Å²) in [5.41, 5.74) is 1.20. The van der Waals surface area contributed by atoms with Crippen molar-refractivity contribution in [2.75, 3.05) is 5.32 Å². The van der Waals surface area contributed by atoms with E-state index in [0.29, 0.717) is 10.6 Å². The van der Waals surface area contributed by atoms with Crippen LogP contribution in [0.4, 0.5) is 9.80 Å². The first kappa shape index (κ1) is 11.5. The van der Waals surface area contributed by atoms with Crippen LogP contribution in [0.2, 0.25) is 0 Å². The molecule has 1 saturated carbocycles. The Balaban J connectivity index is 1.82.